The molecule has 1 rings (SSSR count). The van der Waals surface area contributed by atoms with E-state index in [1.165, 1.54) is 33.4 Å². The average Bonchev–Trinajstić information content (AvgIpc) is 2.37. The third-order valence-corrected chi connectivity index (χ3v) is 4.75. The second kappa shape index (κ2) is 6.25. The van der Waals surface area contributed by atoms with Gasteiger partial charge in [0.25, 0.3) is 0 Å². The van der Waals surface area contributed by atoms with Crippen molar-refractivity contribution in [1.82, 2.24) is 5.43 Å². The molecule has 0 saturated heterocycles. The van der Waals surface area contributed by atoms with E-state index in [2.05, 4.69) is 40.0 Å². The lowest BCUT2D eigenvalue weighted by molar-refractivity contribution is -0.118. The molecule has 0 atom stereocenters. The highest BCUT2D eigenvalue weighted by molar-refractivity contribution is 7.99. The zero-order valence-corrected chi connectivity index (χ0v) is 12.6. The summed E-state index contributed by atoms with van der Waals surface area (Å²) in [5.74, 6) is 6.20. The number of amides is 1. The normalized spacial score (nSPS) is 10.6. The van der Waals surface area contributed by atoms with Gasteiger partial charge in [-0.2, -0.15) is 0 Å². The number of hydrazine groups is 1. The lowest BCUT2D eigenvalue weighted by atomic mass is 9.90. The van der Waals surface area contributed by atoms with E-state index in [4.69, 9.17) is 5.84 Å². The van der Waals surface area contributed by atoms with Crippen molar-refractivity contribution in [1.29, 1.82) is 0 Å². The Labute approximate surface area is 113 Å². The average molecular weight is 266 g/mol. The zero-order chi connectivity index (χ0) is 13.9. The highest BCUT2D eigenvalue weighted by Gasteiger charge is 2.12. The van der Waals surface area contributed by atoms with Gasteiger partial charge >= 0.3 is 0 Å². The van der Waals surface area contributed by atoms with Gasteiger partial charge < -0.3 is 0 Å². The van der Waals surface area contributed by atoms with Crippen LogP contribution in [0.15, 0.2) is 0 Å². The number of carbonyl (C=O) groups excluding carboxylic acids is 1. The number of nitrogens with two attached hydrogens (primary N) is 1. The van der Waals surface area contributed by atoms with E-state index < -0.39 is 0 Å². The SMILES string of the molecule is Cc1c(C)c(C)c(CSCC(=O)NN)c(C)c1C. The smallest absolute Gasteiger partial charge is 0.243 e. The molecule has 1 aromatic carbocycles. The van der Waals surface area contributed by atoms with Crippen molar-refractivity contribution < 1.29 is 4.79 Å². The first kappa shape index (κ1) is 15.1. The van der Waals surface area contributed by atoms with E-state index in [0.717, 1.165) is 5.75 Å². The van der Waals surface area contributed by atoms with Crippen molar-refractivity contribution in [2.75, 3.05) is 5.75 Å². The predicted octanol–water partition coefficient (Wildman–Crippen LogP) is 2.45. The maximum Gasteiger partial charge on any atom is 0.243 e. The second-order valence-electron chi connectivity index (χ2n) is 4.66. The van der Waals surface area contributed by atoms with Crippen molar-refractivity contribution in [3.8, 4) is 0 Å². The van der Waals surface area contributed by atoms with Crippen molar-refractivity contribution in [2.45, 2.75) is 40.4 Å². The number of benzene rings is 1. The molecular weight excluding hydrogens is 244 g/mol. The van der Waals surface area contributed by atoms with Gasteiger partial charge in [0.1, 0.15) is 0 Å². The maximum atomic E-state index is 11.1. The van der Waals surface area contributed by atoms with Crippen LogP contribution in [-0.4, -0.2) is 11.7 Å². The Hall–Kier alpha value is -1.00. The predicted molar refractivity (Wildman–Crippen MR) is 78.6 cm³/mol. The Morgan fingerprint density at radius 1 is 1.00 bits per heavy atom. The quantitative estimate of drug-likeness (QED) is 0.500. The first-order valence-electron chi connectivity index (χ1n) is 6.03. The minimum atomic E-state index is -0.129. The molecule has 0 radical (unpaired) electrons. The topological polar surface area (TPSA) is 55.1 Å². The molecule has 3 N–H and O–H groups in total. The molecule has 0 aliphatic heterocycles. The molecule has 0 unspecified atom stereocenters. The molecule has 0 bridgehead atoms. The monoisotopic (exact) mass is 266 g/mol. The molecule has 0 spiro atoms. The van der Waals surface area contributed by atoms with Crippen LogP contribution in [0.4, 0.5) is 0 Å². The lowest BCUT2D eigenvalue weighted by Crippen LogP contribution is -2.31. The van der Waals surface area contributed by atoms with Gasteiger partial charge in [0.15, 0.2) is 0 Å². The number of hydrogen-bond donors (Lipinski definition) is 2. The van der Waals surface area contributed by atoms with E-state index in [1.807, 2.05) is 0 Å². The van der Waals surface area contributed by atoms with Crippen LogP contribution >= 0.6 is 11.8 Å². The van der Waals surface area contributed by atoms with Gasteiger partial charge in [0, 0.05) is 5.75 Å². The van der Waals surface area contributed by atoms with E-state index in [9.17, 15) is 4.79 Å². The molecule has 3 nitrogen and oxygen atoms in total. The Morgan fingerprint density at radius 2 is 1.44 bits per heavy atom. The van der Waals surface area contributed by atoms with Crippen LogP contribution in [0.2, 0.25) is 0 Å². The van der Waals surface area contributed by atoms with E-state index >= 15 is 0 Å². The summed E-state index contributed by atoms with van der Waals surface area (Å²) < 4.78 is 0. The van der Waals surface area contributed by atoms with Gasteiger partial charge in [-0.25, -0.2) is 5.84 Å². The standard InChI is InChI=1S/C14H22N2OS/c1-8-9(2)11(4)13(12(5)10(8)3)6-18-7-14(17)16-15/h6-7,15H2,1-5H3,(H,16,17). The summed E-state index contributed by atoms with van der Waals surface area (Å²) in [6.07, 6.45) is 0. The van der Waals surface area contributed by atoms with Crippen LogP contribution in [0.25, 0.3) is 0 Å². The summed E-state index contributed by atoms with van der Waals surface area (Å²) in [6.45, 7) is 10.8. The van der Waals surface area contributed by atoms with E-state index in [-0.39, 0.29) is 5.91 Å². The highest BCUT2D eigenvalue weighted by atomic mass is 32.2. The van der Waals surface area contributed by atoms with Gasteiger partial charge in [-0.1, -0.05) is 0 Å². The fourth-order valence-corrected chi connectivity index (χ4v) is 3.09. The van der Waals surface area contributed by atoms with Gasteiger partial charge in [0.2, 0.25) is 5.91 Å². The third kappa shape index (κ3) is 3.06. The number of thioether (sulfide) groups is 1. The fourth-order valence-electron chi connectivity index (χ4n) is 2.08. The van der Waals surface area contributed by atoms with Crippen LogP contribution in [0.5, 0.6) is 0 Å². The number of nitrogens with one attached hydrogen (secondary N) is 1. The summed E-state index contributed by atoms with van der Waals surface area (Å²) in [5, 5.41) is 0. The highest BCUT2D eigenvalue weighted by Crippen LogP contribution is 2.28. The Balaban J connectivity index is 2.93. The first-order chi connectivity index (χ1) is 8.40. The molecular formula is C14H22N2OS. The molecule has 0 aliphatic rings. The van der Waals surface area contributed by atoms with Crippen LogP contribution in [0, 0.1) is 34.6 Å². The Bertz CT molecular complexity index is 440. The molecule has 0 fully saturated rings. The summed E-state index contributed by atoms with van der Waals surface area (Å²) >= 11 is 1.60. The Morgan fingerprint density at radius 3 is 1.89 bits per heavy atom. The summed E-state index contributed by atoms with van der Waals surface area (Å²) in [4.78, 5) is 11.1. The molecule has 18 heavy (non-hydrogen) atoms. The molecule has 100 valence electrons. The van der Waals surface area contributed by atoms with Crippen molar-refractivity contribution in [3.05, 3.63) is 33.4 Å². The number of carbonyl (C=O) groups is 1. The minimum Gasteiger partial charge on any atom is -0.294 e. The van der Waals surface area contributed by atoms with Crippen LogP contribution < -0.4 is 11.3 Å². The van der Waals surface area contributed by atoms with Crippen LogP contribution in [0.3, 0.4) is 0 Å². The molecule has 0 aromatic heterocycles. The van der Waals surface area contributed by atoms with E-state index in [1.54, 1.807) is 11.8 Å². The third-order valence-electron chi connectivity index (χ3n) is 3.80. The van der Waals surface area contributed by atoms with Gasteiger partial charge in [-0.3, -0.25) is 10.2 Å². The van der Waals surface area contributed by atoms with Gasteiger partial charge in [-0.05, 0) is 68.0 Å². The van der Waals surface area contributed by atoms with Gasteiger partial charge in [0.05, 0.1) is 5.75 Å². The minimum absolute atomic E-state index is 0.129. The van der Waals surface area contributed by atoms with E-state index in [0.29, 0.717) is 5.75 Å². The van der Waals surface area contributed by atoms with Crippen LogP contribution in [-0.2, 0) is 10.5 Å². The largest absolute Gasteiger partial charge is 0.294 e. The summed E-state index contributed by atoms with van der Waals surface area (Å²) in [5.41, 5.74) is 10.3. The van der Waals surface area contributed by atoms with Gasteiger partial charge in [-0.15, -0.1) is 11.8 Å². The first-order valence-corrected chi connectivity index (χ1v) is 7.18. The van der Waals surface area contributed by atoms with Crippen LogP contribution in [0.1, 0.15) is 33.4 Å². The number of rotatable bonds is 4. The fraction of sp³-hybridized carbons (Fsp3) is 0.500. The molecule has 0 saturated carbocycles. The lowest BCUT2D eigenvalue weighted by Gasteiger charge is -2.18. The van der Waals surface area contributed by atoms with Crippen molar-refractivity contribution in [3.63, 3.8) is 0 Å². The molecule has 0 heterocycles. The molecule has 4 heteroatoms. The second-order valence-corrected chi connectivity index (χ2v) is 5.65. The maximum absolute atomic E-state index is 11.1. The van der Waals surface area contributed by atoms with Crippen molar-refractivity contribution >= 4 is 17.7 Å². The Kier molecular flexibility index (Phi) is 5.23. The molecule has 1 aromatic rings. The number of hydrogen-bond acceptors (Lipinski definition) is 3. The van der Waals surface area contributed by atoms with Crippen molar-refractivity contribution in [2.24, 2.45) is 5.84 Å². The summed E-state index contributed by atoms with van der Waals surface area (Å²) in [7, 11) is 0. The molecule has 0 aliphatic carbocycles. The zero-order valence-electron chi connectivity index (χ0n) is 11.8. The molecule has 1 amide bonds. The summed E-state index contributed by atoms with van der Waals surface area (Å²) in [6, 6.07) is 0.